The fraction of sp³-hybridized carbons (Fsp3) is 0.333. The first-order chi connectivity index (χ1) is 12.5. The number of nitrogens with one attached hydrogen (secondary N) is 2. The van der Waals surface area contributed by atoms with Gasteiger partial charge < -0.3 is 19.6 Å². The molecule has 0 radical (unpaired) electrons. The summed E-state index contributed by atoms with van der Waals surface area (Å²) in [5.74, 6) is 4.66. The average molecular weight is 361 g/mol. The van der Waals surface area contributed by atoms with Gasteiger partial charge in [-0.25, -0.2) is 5.84 Å². The molecule has 8 nitrogen and oxygen atoms in total. The van der Waals surface area contributed by atoms with E-state index in [9.17, 15) is 14.7 Å². The van der Waals surface area contributed by atoms with E-state index >= 15 is 0 Å². The van der Waals surface area contributed by atoms with Crippen molar-refractivity contribution in [3.63, 3.8) is 0 Å². The molecular formula is C18H23N3O5. The van der Waals surface area contributed by atoms with E-state index in [1.165, 1.54) is 14.2 Å². The molecule has 5 N–H and O–H groups in total. The SMILES string of the molecule is CCCCc1[nH]c(=O)c(C(=O)NN)c(O)c1-c1c(OC)cccc1OC. The molecule has 0 bridgehead atoms. The molecule has 0 aliphatic heterocycles. The number of benzene rings is 1. The zero-order valence-corrected chi connectivity index (χ0v) is 15.0. The van der Waals surface area contributed by atoms with Gasteiger partial charge in [-0.1, -0.05) is 19.4 Å². The van der Waals surface area contributed by atoms with Gasteiger partial charge in [0.2, 0.25) is 0 Å². The van der Waals surface area contributed by atoms with E-state index in [1.54, 1.807) is 18.2 Å². The molecule has 0 aliphatic carbocycles. The van der Waals surface area contributed by atoms with Crippen molar-refractivity contribution >= 4 is 5.91 Å². The average Bonchev–Trinajstić information content (AvgIpc) is 2.65. The van der Waals surface area contributed by atoms with Crippen LogP contribution in [0.2, 0.25) is 0 Å². The molecule has 0 saturated carbocycles. The maximum absolute atomic E-state index is 12.3. The van der Waals surface area contributed by atoms with Gasteiger partial charge in [0.25, 0.3) is 11.5 Å². The Kier molecular flexibility index (Phi) is 6.24. The molecule has 0 fully saturated rings. The lowest BCUT2D eigenvalue weighted by atomic mass is 9.95. The Morgan fingerprint density at radius 2 is 1.85 bits per heavy atom. The van der Waals surface area contributed by atoms with Crippen LogP contribution in [0.1, 0.15) is 35.8 Å². The summed E-state index contributed by atoms with van der Waals surface area (Å²) in [4.78, 5) is 27.0. The Balaban J connectivity index is 2.90. The number of H-pyrrole nitrogens is 1. The first kappa shape index (κ1) is 19.3. The number of nitrogens with two attached hydrogens (primary N) is 1. The Hall–Kier alpha value is -3.00. The predicted molar refractivity (Wildman–Crippen MR) is 97.5 cm³/mol. The van der Waals surface area contributed by atoms with Gasteiger partial charge >= 0.3 is 0 Å². The molecular weight excluding hydrogens is 338 g/mol. The molecule has 26 heavy (non-hydrogen) atoms. The molecule has 1 aromatic carbocycles. The van der Waals surface area contributed by atoms with Crippen LogP contribution in [0.15, 0.2) is 23.0 Å². The van der Waals surface area contributed by atoms with Gasteiger partial charge in [-0.15, -0.1) is 0 Å². The molecule has 0 saturated heterocycles. The zero-order valence-electron chi connectivity index (χ0n) is 15.0. The summed E-state index contributed by atoms with van der Waals surface area (Å²) in [5.41, 5.74) is 1.93. The molecule has 2 rings (SSSR count). The number of aromatic hydroxyl groups is 1. The molecule has 0 atom stereocenters. The summed E-state index contributed by atoms with van der Waals surface area (Å²) in [6.07, 6.45) is 2.17. The number of rotatable bonds is 7. The lowest BCUT2D eigenvalue weighted by Gasteiger charge is -2.18. The lowest BCUT2D eigenvalue weighted by Crippen LogP contribution is -2.35. The van der Waals surface area contributed by atoms with E-state index in [1.807, 2.05) is 12.3 Å². The van der Waals surface area contributed by atoms with Crippen molar-refractivity contribution in [1.29, 1.82) is 0 Å². The van der Waals surface area contributed by atoms with E-state index < -0.39 is 22.8 Å². The normalized spacial score (nSPS) is 10.5. The number of ether oxygens (including phenoxy) is 2. The van der Waals surface area contributed by atoms with Crippen molar-refractivity contribution < 1.29 is 19.4 Å². The number of hydrogen-bond donors (Lipinski definition) is 4. The number of hydrazine groups is 1. The first-order valence-corrected chi connectivity index (χ1v) is 8.20. The number of nitrogen functional groups attached to an aromatic ring is 1. The quantitative estimate of drug-likeness (QED) is 0.338. The topological polar surface area (TPSA) is 127 Å². The monoisotopic (exact) mass is 361 g/mol. The summed E-state index contributed by atoms with van der Waals surface area (Å²) < 4.78 is 10.8. The fourth-order valence-corrected chi connectivity index (χ4v) is 2.83. The Morgan fingerprint density at radius 3 is 2.35 bits per heavy atom. The minimum absolute atomic E-state index is 0.283. The van der Waals surface area contributed by atoms with Crippen molar-refractivity contribution in [2.24, 2.45) is 5.84 Å². The molecule has 140 valence electrons. The molecule has 8 heteroatoms. The fourth-order valence-electron chi connectivity index (χ4n) is 2.83. The van der Waals surface area contributed by atoms with Crippen LogP contribution in [0, 0.1) is 0 Å². The summed E-state index contributed by atoms with van der Waals surface area (Å²) >= 11 is 0. The van der Waals surface area contributed by atoms with Crippen LogP contribution in [-0.4, -0.2) is 30.2 Å². The minimum Gasteiger partial charge on any atom is -0.506 e. The molecule has 0 aliphatic rings. The molecule has 2 aromatic rings. The van der Waals surface area contributed by atoms with Crippen LogP contribution in [0.5, 0.6) is 17.2 Å². The highest BCUT2D eigenvalue weighted by atomic mass is 16.5. The standard InChI is InChI=1S/C18H23N3O5/c1-4-5-7-10-13(14-11(25-2)8-6-9-12(14)26-3)16(22)15(17(23)20-10)18(24)21-19/h6,8-9H,4-5,7,19H2,1-3H3,(H,21,24)(H2,20,22,23). The zero-order chi connectivity index (χ0) is 19.3. The van der Waals surface area contributed by atoms with Gasteiger partial charge in [0.15, 0.2) is 0 Å². The van der Waals surface area contributed by atoms with Crippen LogP contribution < -0.4 is 26.3 Å². The van der Waals surface area contributed by atoms with Crippen LogP contribution in [0.4, 0.5) is 0 Å². The van der Waals surface area contributed by atoms with Gasteiger partial charge in [0, 0.05) is 5.69 Å². The lowest BCUT2D eigenvalue weighted by molar-refractivity contribution is 0.0949. The highest BCUT2D eigenvalue weighted by Gasteiger charge is 2.26. The Bertz CT molecular complexity index is 838. The highest BCUT2D eigenvalue weighted by molar-refractivity contribution is 5.99. The predicted octanol–water partition coefficient (Wildman–Crippen LogP) is 1.71. The maximum Gasteiger partial charge on any atom is 0.274 e. The molecule has 0 spiro atoms. The van der Waals surface area contributed by atoms with E-state index in [0.717, 1.165) is 12.8 Å². The van der Waals surface area contributed by atoms with Crippen molar-refractivity contribution in [3.8, 4) is 28.4 Å². The van der Waals surface area contributed by atoms with E-state index in [-0.39, 0.29) is 5.56 Å². The second-order valence-corrected chi connectivity index (χ2v) is 5.65. The number of methoxy groups -OCH3 is 2. The number of carbonyl (C=O) groups excluding carboxylic acids is 1. The number of carbonyl (C=O) groups is 1. The van der Waals surface area contributed by atoms with Crippen LogP contribution in [-0.2, 0) is 6.42 Å². The largest absolute Gasteiger partial charge is 0.506 e. The third-order valence-electron chi connectivity index (χ3n) is 4.08. The van der Waals surface area contributed by atoms with Crippen LogP contribution in [0.25, 0.3) is 11.1 Å². The second-order valence-electron chi connectivity index (χ2n) is 5.65. The molecule has 1 heterocycles. The molecule has 1 amide bonds. The third kappa shape index (κ3) is 3.50. The van der Waals surface area contributed by atoms with E-state index in [0.29, 0.717) is 29.2 Å². The van der Waals surface area contributed by atoms with Crippen molar-refractivity contribution in [1.82, 2.24) is 10.4 Å². The van der Waals surface area contributed by atoms with Crippen molar-refractivity contribution in [3.05, 3.63) is 39.8 Å². The number of aromatic amines is 1. The number of aryl methyl sites for hydroxylation is 1. The maximum atomic E-state index is 12.3. The summed E-state index contributed by atoms with van der Waals surface area (Å²) in [5, 5.41) is 10.8. The van der Waals surface area contributed by atoms with Crippen LogP contribution in [0.3, 0.4) is 0 Å². The third-order valence-corrected chi connectivity index (χ3v) is 4.08. The summed E-state index contributed by atoms with van der Waals surface area (Å²) in [6.45, 7) is 2.01. The van der Waals surface area contributed by atoms with E-state index in [2.05, 4.69) is 4.98 Å². The van der Waals surface area contributed by atoms with Crippen LogP contribution >= 0.6 is 0 Å². The number of pyridine rings is 1. The number of unbranched alkanes of at least 4 members (excludes halogenated alkanes) is 1. The number of hydrogen-bond acceptors (Lipinski definition) is 6. The highest BCUT2D eigenvalue weighted by Crippen LogP contribution is 2.44. The number of aromatic nitrogens is 1. The van der Waals surface area contributed by atoms with Gasteiger partial charge in [-0.3, -0.25) is 15.0 Å². The summed E-state index contributed by atoms with van der Waals surface area (Å²) in [7, 11) is 2.97. The van der Waals surface area contributed by atoms with Crippen molar-refractivity contribution in [2.45, 2.75) is 26.2 Å². The van der Waals surface area contributed by atoms with Crippen molar-refractivity contribution in [2.75, 3.05) is 14.2 Å². The number of amides is 1. The molecule has 1 aromatic heterocycles. The molecule has 0 unspecified atom stereocenters. The minimum atomic E-state index is -0.888. The second kappa shape index (κ2) is 8.39. The van der Waals surface area contributed by atoms with Gasteiger partial charge in [-0.2, -0.15) is 0 Å². The van der Waals surface area contributed by atoms with E-state index in [4.69, 9.17) is 15.3 Å². The Labute approximate surface area is 150 Å². The smallest absolute Gasteiger partial charge is 0.274 e. The first-order valence-electron chi connectivity index (χ1n) is 8.20. The van der Waals surface area contributed by atoms with Gasteiger partial charge in [-0.05, 0) is 25.0 Å². The summed E-state index contributed by atoms with van der Waals surface area (Å²) in [6, 6.07) is 5.15. The van der Waals surface area contributed by atoms with Gasteiger partial charge in [0.05, 0.1) is 25.3 Å². The van der Waals surface area contributed by atoms with Gasteiger partial charge in [0.1, 0.15) is 22.8 Å². The Morgan fingerprint density at radius 1 is 1.23 bits per heavy atom.